The van der Waals surface area contributed by atoms with Gasteiger partial charge in [-0.15, -0.1) is 0 Å². The Hall–Kier alpha value is -1.11. The highest BCUT2D eigenvalue weighted by Gasteiger charge is 2.33. The second-order valence-corrected chi connectivity index (χ2v) is 9.72. The summed E-state index contributed by atoms with van der Waals surface area (Å²) < 4.78 is 26.8. The van der Waals surface area contributed by atoms with Crippen molar-refractivity contribution in [3.05, 3.63) is 34.9 Å². The van der Waals surface area contributed by atoms with Crippen molar-refractivity contribution in [2.75, 3.05) is 13.1 Å². The van der Waals surface area contributed by atoms with Crippen LogP contribution in [0.3, 0.4) is 0 Å². The fraction of sp³-hybridized carbons (Fsp3) is 0.588. The van der Waals surface area contributed by atoms with E-state index in [1.807, 2.05) is 20.8 Å². The van der Waals surface area contributed by atoms with E-state index in [-0.39, 0.29) is 29.7 Å². The highest BCUT2D eigenvalue weighted by atomic mass is 35.5. The summed E-state index contributed by atoms with van der Waals surface area (Å²) in [7, 11) is -3.45. The number of nitrogens with zero attached hydrogens (tertiary/aromatic N) is 1. The van der Waals surface area contributed by atoms with Gasteiger partial charge in [-0.2, -0.15) is 0 Å². The van der Waals surface area contributed by atoms with Crippen molar-refractivity contribution in [3.8, 4) is 0 Å². The van der Waals surface area contributed by atoms with E-state index in [2.05, 4.69) is 5.32 Å². The third kappa shape index (κ3) is 5.46. The molecule has 0 saturated carbocycles. The molecule has 1 aromatic carbocycles. The third-order valence-electron chi connectivity index (χ3n) is 3.91. The second-order valence-electron chi connectivity index (χ2n) is 7.32. The van der Waals surface area contributed by atoms with Gasteiger partial charge in [-0.3, -0.25) is 4.79 Å². The molecule has 1 amide bonds. The van der Waals surface area contributed by atoms with Crippen LogP contribution in [0.1, 0.15) is 39.2 Å². The molecular weight excluding hydrogens is 348 g/mol. The Morgan fingerprint density at radius 3 is 2.50 bits per heavy atom. The predicted octanol–water partition coefficient (Wildman–Crippen LogP) is 2.80. The SMILES string of the molecule is CC(C)(C)NC(=O)[C@@H]1CCCN(S(=O)(=O)Cc2ccc(Cl)cc2)C1. The summed E-state index contributed by atoms with van der Waals surface area (Å²) in [6, 6.07) is 6.80. The van der Waals surface area contributed by atoms with Crippen LogP contribution in [0.2, 0.25) is 5.02 Å². The number of halogens is 1. The summed E-state index contributed by atoms with van der Waals surface area (Å²) in [5.74, 6) is -0.440. The molecule has 7 heteroatoms. The monoisotopic (exact) mass is 372 g/mol. The van der Waals surface area contributed by atoms with Gasteiger partial charge in [0.05, 0.1) is 11.7 Å². The fourth-order valence-electron chi connectivity index (χ4n) is 2.76. The van der Waals surface area contributed by atoms with Gasteiger partial charge >= 0.3 is 0 Å². The molecule has 1 atom stereocenters. The second kappa shape index (κ2) is 7.42. The normalized spacial score (nSPS) is 19.9. The molecule has 1 N–H and O–H groups in total. The highest BCUT2D eigenvalue weighted by Crippen LogP contribution is 2.22. The molecule has 0 spiro atoms. The minimum atomic E-state index is -3.45. The van der Waals surface area contributed by atoms with E-state index in [0.29, 0.717) is 23.6 Å². The standard InChI is InChI=1S/C17H25ClN2O3S/c1-17(2,3)19-16(21)14-5-4-10-20(11-14)24(22,23)12-13-6-8-15(18)9-7-13/h6-9,14H,4-5,10-12H2,1-3H3,(H,19,21)/t14-/m1/s1. The molecule has 134 valence electrons. The van der Waals surface area contributed by atoms with Crippen molar-refractivity contribution in [3.63, 3.8) is 0 Å². The van der Waals surface area contributed by atoms with Gasteiger partial charge in [-0.25, -0.2) is 12.7 Å². The number of rotatable bonds is 4. The van der Waals surface area contributed by atoms with Gasteiger partial charge in [0.1, 0.15) is 0 Å². The third-order valence-corrected chi connectivity index (χ3v) is 5.98. The highest BCUT2D eigenvalue weighted by molar-refractivity contribution is 7.88. The number of hydrogen-bond acceptors (Lipinski definition) is 3. The number of nitrogens with one attached hydrogen (secondary N) is 1. The van der Waals surface area contributed by atoms with Crippen molar-refractivity contribution in [2.24, 2.45) is 5.92 Å². The van der Waals surface area contributed by atoms with Gasteiger partial charge in [0.2, 0.25) is 15.9 Å². The number of carbonyl (C=O) groups is 1. The fourth-order valence-corrected chi connectivity index (χ4v) is 4.50. The summed E-state index contributed by atoms with van der Waals surface area (Å²) in [5.41, 5.74) is 0.377. The molecule has 1 heterocycles. The number of benzene rings is 1. The lowest BCUT2D eigenvalue weighted by Gasteiger charge is -2.33. The smallest absolute Gasteiger partial charge is 0.224 e. The van der Waals surface area contributed by atoms with E-state index in [9.17, 15) is 13.2 Å². The van der Waals surface area contributed by atoms with Gasteiger partial charge in [0, 0.05) is 23.7 Å². The van der Waals surface area contributed by atoms with Crippen molar-refractivity contribution in [1.82, 2.24) is 9.62 Å². The Labute approximate surface area is 149 Å². The number of carbonyl (C=O) groups excluding carboxylic acids is 1. The van der Waals surface area contributed by atoms with E-state index in [1.165, 1.54) is 4.31 Å². The first-order valence-electron chi connectivity index (χ1n) is 8.11. The summed E-state index contributed by atoms with van der Waals surface area (Å²) in [6.45, 7) is 6.47. The Balaban J connectivity index is 2.04. The average molecular weight is 373 g/mol. The van der Waals surface area contributed by atoms with Gasteiger partial charge in [0.15, 0.2) is 0 Å². The van der Waals surface area contributed by atoms with Crippen LogP contribution < -0.4 is 5.32 Å². The zero-order valence-corrected chi connectivity index (χ0v) is 16.0. The molecule has 1 aliphatic heterocycles. The minimum absolute atomic E-state index is 0.0716. The molecule has 24 heavy (non-hydrogen) atoms. The van der Waals surface area contributed by atoms with Gasteiger partial charge in [-0.1, -0.05) is 23.7 Å². The summed E-state index contributed by atoms with van der Waals surface area (Å²) in [4.78, 5) is 12.3. The maximum absolute atomic E-state index is 12.7. The predicted molar refractivity (Wildman–Crippen MR) is 96.3 cm³/mol. The maximum Gasteiger partial charge on any atom is 0.224 e. The first-order chi connectivity index (χ1) is 11.1. The summed E-state index contributed by atoms with van der Waals surface area (Å²) in [6.07, 6.45) is 1.41. The van der Waals surface area contributed by atoms with E-state index in [0.717, 1.165) is 6.42 Å². The molecule has 1 saturated heterocycles. The van der Waals surface area contributed by atoms with Crippen LogP contribution >= 0.6 is 11.6 Å². The lowest BCUT2D eigenvalue weighted by molar-refractivity contribution is -0.127. The van der Waals surface area contributed by atoms with E-state index >= 15 is 0 Å². The van der Waals surface area contributed by atoms with Crippen LogP contribution in [0, 0.1) is 5.92 Å². The van der Waals surface area contributed by atoms with E-state index in [1.54, 1.807) is 24.3 Å². The van der Waals surface area contributed by atoms with E-state index in [4.69, 9.17) is 11.6 Å². The number of sulfonamides is 1. The van der Waals surface area contributed by atoms with Crippen molar-refractivity contribution in [1.29, 1.82) is 0 Å². The number of amides is 1. The molecular formula is C17H25ClN2O3S. The maximum atomic E-state index is 12.7. The van der Waals surface area contributed by atoms with Crippen LogP contribution in [-0.2, 0) is 20.6 Å². The molecule has 0 unspecified atom stereocenters. The number of piperidine rings is 1. The zero-order chi connectivity index (χ0) is 18.0. The molecule has 1 aliphatic rings. The molecule has 0 aromatic heterocycles. The summed E-state index contributed by atoms with van der Waals surface area (Å²) >= 11 is 5.83. The first kappa shape index (κ1) is 19.2. The Kier molecular flexibility index (Phi) is 5.94. The lowest BCUT2D eigenvalue weighted by Crippen LogP contribution is -2.49. The van der Waals surface area contributed by atoms with Crippen molar-refractivity contribution >= 4 is 27.5 Å². The van der Waals surface area contributed by atoms with Gasteiger partial charge in [0.25, 0.3) is 0 Å². The van der Waals surface area contributed by atoms with Crippen LogP contribution in [0.5, 0.6) is 0 Å². The van der Waals surface area contributed by atoms with E-state index < -0.39 is 10.0 Å². The van der Waals surface area contributed by atoms with Crippen LogP contribution in [0.25, 0.3) is 0 Å². The Bertz CT molecular complexity index is 681. The Morgan fingerprint density at radius 2 is 1.92 bits per heavy atom. The molecule has 1 fully saturated rings. The number of hydrogen-bond donors (Lipinski definition) is 1. The van der Waals surface area contributed by atoms with Crippen LogP contribution in [0.15, 0.2) is 24.3 Å². The van der Waals surface area contributed by atoms with Crippen LogP contribution in [-0.4, -0.2) is 37.3 Å². The quantitative estimate of drug-likeness (QED) is 0.883. The molecule has 5 nitrogen and oxygen atoms in total. The van der Waals surface area contributed by atoms with Crippen molar-refractivity contribution < 1.29 is 13.2 Å². The summed E-state index contributed by atoms with van der Waals surface area (Å²) in [5, 5.41) is 3.52. The van der Waals surface area contributed by atoms with Gasteiger partial charge < -0.3 is 5.32 Å². The molecule has 2 rings (SSSR count). The molecule has 0 radical (unpaired) electrons. The topological polar surface area (TPSA) is 66.5 Å². The van der Waals surface area contributed by atoms with Gasteiger partial charge in [-0.05, 0) is 51.3 Å². The zero-order valence-electron chi connectivity index (χ0n) is 14.4. The molecule has 1 aromatic rings. The van der Waals surface area contributed by atoms with Crippen molar-refractivity contribution in [2.45, 2.75) is 44.9 Å². The van der Waals surface area contributed by atoms with Crippen LogP contribution in [0.4, 0.5) is 0 Å². The largest absolute Gasteiger partial charge is 0.351 e. The lowest BCUT2D eigenvalue weighted by atomic mass is 9.97. The Morgan fingerprint density at radius 1 is 1.29 bits per heavy atom. The minimum Gasteiger partial charge on any atom is -0.351 e. The molecule has 0 bridgehead atoms. The average Bonchev–Trinajstić information content (AvgIpc) is 2.48. The molecule has 0 aliphatic carbocycles. The first-order valence-corrected chi connectivity index (χ1v) is 10.1.